The number of pyridine rings is 1. The van der Waals surface area contributed by atoms with Crippen LogP contribution in [0.25, 0.3) is 0 Å². The summed E-state index contributed by atoms with van der Waals surface area (Å²) in [5, 5.41) is 8.01. The molecule has 0 aliphatic heterocycles. The van der Waals surface area contributed by atoms with E-state index < -0.39 is 5.97 Å². The monoisotopic (exact) mass is 195 g/mol. The molecule has 1 aromatic heterocycles. The van der Waals surface area contributed by atoms with E-state index in [9.17, 15) is 9.59 Å². The molecule has 0 saturated heterocycles. The largest absolute Gasteiger partial charge is 0.481 e. The van der Waals surface area contributed by atoms with E-state index in [1.165, 1.54) is 6.92 Å². The molecule has 0 amide bonds. The number of aliphatic carboxylic acids is 1. The molecule has 0 aliphatic rings. The Kier molecular flexibility index (Phi) is 6.95. The Labute approximate surface area is 82.6 Å². The van der Waals surface area contributed by atoms with Crippen LogP contribution in [0.2, 0.25) is 0 Å². The van der Waals surface area contributed by atoms with Crippen LogP contribution in [0, 0.1) is 0 Å². The predicted molar refractivity (Wildman–Crippen MR) is 51.8 cm³/mol. The van der Waals surface area contributed by atoms with Crippen LogP contribution in [0.15, 0.2) is 30.6 Å². The minimum atomic E-state index is -0.916. The summed E-state index contributed by atoms with van der Waals surface area (Å²) in [5.74, 6) is -0.993. The van der Waals surface area contributed by atoms with Crippen LogP contribution in [0.4, 0.5) is 0 Å². The van der Waals surface area contributed by atoms with Gasteiger partial charge < -0.3 is 9.90 Å². The van der Waals surface area contributed by atoms with Gasteiger partial charge in [-0.05, 0) is 19.1 Å². The maximum absolute atomic E-state index is 10.1. The number of carbonyl (C=O) groups excluding carboxylic acids is 1. The highest BCUT2D eigenvalue weighted by Crippen LogP contribution is 1.87. The second-order valence-corrected chi connectivity index (χ2v) is 2.62. The van der Waals surface area contributed by atoms with Gasteiger partial charge in [0.05, 0.1) is 6.42 Å². The van der Waals surface area contributed by atoms with Crippen molar-refractivity contribution in [2.24, 2.45) is 0 Å². The quantitative estimate of drug-likeness (QED) is 0.794. The van der Waals surface area contributed by atoms with Crippen LogP contribution < -0.4 is 0 Å². The van der Waals surface area contributed by atoms with Crippen LogP contribution in [0.3, 0.4) is 0 Å². The number of carbonyl (C=O) groups is 2. The number of ketones is 1. The molecule has 0 spiro atoms. The number of Topliss-reactive ketones (excluding diaryl/α,β-unsaturated/α-hetero) is 1. The van der Waals surface area contributed by atoms with Gasteiger partial charge in [0.25, 0.3) is 0 Å². The average molecular weight is 195 g/mol. The first-order valence-electron chi connectivity index (χ1n) is 4.19. The Morgan fingerprint density at radius 1 is 1.14 bits per heavy atom. The van der Waals surface area contributed by atoms with Gasteiger partial charge in [0.2, 0.25) is 0 Å². The zero-order chi connectivity index (χ0) is 10.8. The zero-order valence-corrected chi connectivity index (χ0v) is 8.01. The van der Waals surface area contributed by atoms with E-state index in [2.05, 4.69) is 4.98 Å². The smallest absolute Gasteiger partial charge is 0.303 e. The van der Waals surface area contributed by atoms with Gasteiger partial charge in [-0.1, -0.05) is 6.07 Å². The fraction of sp³-hybridized carbons (Fsp3) is 0.300. The number of rotatable bonds is 3. The number of carboxylic acids is 1. The predicted octanol–water partition coefficient (Wildman–Crippen LogP) is 1.52. The van der Waals surface area contributed by atoms with Gasteiger partial charge >= 0.3 is 5.97 Å². The molecule has 1 aromatic rings. The van der Waals surface area contributed by atoms with E-state index >= 15 is 0 Å². The van der Waals surface area contributed by atoms with Crippen molar-refractivity contribution in [1.29, 1.82) is 0 Å². The standard InChI is InChI=1S/C5H5N.C5H8O3/c1-2-4-6-5-3-1;1-4(6)2-3-5(7)8/h1-5H;2-3H2,1H3,(H,7,8). The normalized spacial score (nSPS) is 8.36. The third-order valence-corrected chi connectivity index (χ3v) is 1.26. The lowest BCUT2D eigenvalue weighted by Gasteiger charge is -1.86. The molecule has 0 unspecified atom stereocenters. The molecule has 0 aromatic carbocycles. The molecule has 1 heterocycles. The van der Waals surface area contributed by atoms with Crippen molar-refractivity contribution in [3.8, 4) is 0 Å². The number of nitrogens with zero attached hydrogens (tertiary/aromatic N) is 1. The van der Waals surface area contributed by atoms with Gasteiger partial charge in [0, 0.05) is 18.8 Å². The van der Waals surface area contributed by atoms with Crippen molar-refractivity contribution in [3.63, 3.8) is 0 Å². The van der Waals surface area contributed by atoms with Gasteiger partial charge in [-0.3, -0.25) is 9.78 Å². The Balaban J connectivity index is 0.000000249. The molecule has 0 atom stereocenters. The summed E-state index contributed by atoms with van der Waals surface area (Å²) in [4.78, 5) is 23.6. The van der Waals surface area contributed by atoms with E-state index in [1.807, 2.05) is 18.2 Å². The molecule has 0 aliphatic carbocycles. The molecule has 0 radical (unpaired) electrons. The zero-order valence-electron chi connectivity index (χ0n) is 8.01. The summed E-state index contributed by atoms with van der Waals surface area (Å²) in [5.41, 5.74) is 0. The van der Waals surface area contributed by atoms with E-state index in [4.69, 9.17) is 5.11 Å². The van der Waals surface area contributed by atoms with E-state index in [0.29, 0.717) is 0 Å². The van der Waals surface area contributed by atoms with Crippen LogP contribution >= 0.6 is 0 Å². The summed E-state index contributed by atoms with van der Waals surface area (Å²) in [6.45, 7) is 1.38. The summed E-state index contributed by atoms with van der Waals surface area (Å²) >= 11 is 0. The topological polar surface area (TPSA) is 67.3 Å². The molecule has 1 N–H and O–H groups in total. The van der Waals surface area contributed by atoms with Crippen LogP contribution in [-0.4, -0.2) is 21.8 Å². The molecule has 14 heavy (non-hydrogen) atoms. The Morgan fingerprint density at radius 2 is 1.71 bits per heavy atom. The number of carboxylic acid groups (broad SMARTS) is 1. The van der Waals surface area contributed by atoms with Crippen LogP contribution in [0.1, 0.15) is 19.8 Å². The maximum atomic E-state index is 10.1. The van der Waals surface area contributed by atoms with Crippen LogP contribution in [-0.2, 0) is 9.59 Å². The van der Waals surface area contributed by atoms with Gasteiger partial charge in [-0.15, -0.1) is 0 Å². The maximum Gasteiger partial charge on any atom is 0.303 e. The van der Waals surface area contributed by atoms with Gasteiger partial charge in [0.15, 0.2) is 0 Å². The molecule has 76 valence electrons. The molecule has 1 rings (SSSR count). The first-order chi connectivity index (χ1) is 6.63. The fourth-order valence-electron chi connectivity index (χ4n) is 0.596. The van der Waals surface area contributed by atoms with Crippen molar-refractivity contribution >= 4 is 11.8 Å². The van der Waals surface area contributed by atoms with E-state index in [0.717, 1.165) is 0 Å². The lowest BCUT2D eigenvalue weighted by molar-refractivity contribution is -0.138. The Bertz CT molecular complexity index is 231. The highest BCUT2D eigenvalue weighted by Gasteiger charge is 1.97. The second kappa shape index (κ2) is 7.91. The van der Waals surface area contributed by atoms with E-state index in [-0.39, 0.29) is 18.6 Å². The van der Waals surface area contributed by atoms with Crippen molar-refractivity contribution in [2.75, 3.05) is 0 Å². The molecular formula is C10H13NO3. The Morgan fingerprint density at radius 3 is 1.86 bits per heavy atom. The average Bonchev–Trinajstić information content (AvgIpc) is 2.18. The van der Waals surface area contributed by atoms with Gasteiger partial charge in [-0.2, -0.15) is 0 Å². The minimum absolute atomic E-state index is 0.0463. The third kappa shape index (κ3) is 10.3. The van der Waals surface area contributed by atoms with E-state index in [1.54, 1.807) is 12.4 Å². The first kappa shape index (κ1) is 12.3. The van der Waals surface area contributed by atoms with Crippen LogP contribution in [0.5, 0.6) is 0 Å². The molecule has 4 heteroatoms. The number of hydrogen-bond acceptors (Lipinski definition) is 3. The number of hydrogen-bond donors (Lipinski definition) is 1. The lowest BCUT2D eigenvalue weighted by Crippen LogP contribution is -1.98. The highest BCUT2D eigenvalue weighted by atomic mass is 16.4. The lowest BCUT2D eigenvalue weighted by atomic mass is 10.2. The molecular weight excluding hydrogens is 182 g/mol. The van der Waals surface area contributed by atoms with Crippen molar-refractivity contribution < 1.29 is 14.7 Å². The highest BCUT2D eigenvalue weighted by molar-refractivity contribution is 5.80. The second-order valence-electron chi connectivity index (χ2n) is 2.62. The molecule has 4 nitrogen and oxygen atoms in total. The first-order valence-corrected chi connectivity index (χ1v) is 4.19. The van der Waals surface area contributed by atoms with Crippen molar-refractivity contribution in [2.45, 2.75) is 19.8 Å². The summed E-state index contributed by atoms with van der Waals surface area (Å²) in [6.07, 6.45) is 3.60. The molecule has 0 bridgehead atoms. The minimum Gasteiger partial charge on any atom is -0.481 e. The number of aromatic nitrogens is 1. The van der Waals surface area contributed by atoms with Gasteiger partial charge in [-0.25, -0.2) is 0 Å². The van der Waals surface area contributed by atoms with Gasteiger partial charge in [0.1, 0.15) is 5.78 Å². The SMILES string of the molecule is CC(=O)CCC(=O)O.c1ccncc1. The summed E-state index contributed by atoms with van der Waals surface area (Å²) < 4.78 is 0. The summed E-state index contributed by atoms with van der Waals surface area (Å²) in [6, 6.07) is 5.72. The van der Waals surface area contributed by atoms with Crippen molar-refractivity contribution in [1.82, 2.24) is 4.98 Å². The molecule has 0 saturated carbocycles. The third-order valence-electron chi connectivity index (χ3n) is 1.26. The van der Waals surface area contributed by atoms with Crippen molar-refractivity contribution in [3.05, 3.63) is 30.6 Å². The Hall–Kier alpha value is -1.71. The fourth-order valence-corrected chi connectivity index (χ4v) is 0.596. The summed E-state index contributed by atoms with van der Waals surface area (Å²) in [7, 11) is 0. The molecule has 0 fully saturated rings.